The van der Waals surface area contributed by atoms with Crippen LogP contribution in [0, 0.1) is 0 Å². The molecule has 0 radical (unpaired) electrons. The minimum Gasteiger partial charge on any atom is -0.396 e. The Morgan fingerprint density at radius 1 is 1.40 bits per heavy atom. The molecule has 0 atom stereocenters. The highest BCUT2D eigenvalue weighted by molar-refractivity contribution is 5.76. The third-order valence-corrected chi connectivity index (χ3v) is 2.64. The average Bonchev–Trinajstić information content (AvgIpc) is 2.14. The summed E-state index contributed by atoms with van der Waals surface area (Å²) in [5.41, 5.74) is -0.0223. The Balaban J connectivity index is 2.69. The average molecular weight is 214 g/mol. The van der Waals surface area contributed by atoms with Gasteiger partial charge in [0.1, 0.15) is 0 Å². The van der Waals surface area contributed by atoms with E-state index in [0.717, 1.165) is 13.0 Å². The Labute approximate surface area is 91.8 Å². The first-order chi connectivity index (χ1) is 6.96. The van der Waals surface area contributed by atoms with E-state index >= 15 is 0 Å². The first kappa shape index (κ1) is 12.5. The lowest BCUT2D eigenvalue weighted by molar-refractivity contribution is -0.168. The lowest BCUT2D eigenvalue weighted by Crippen LogP contribution is -2.58. The van der Waals surface area contributed by atoms with Crippen LogP contribution in [0.2, 0.25) is 0 Å². The molecule has 1 amide bonds. The molecule has 1 N–H and O–H groups in total. The normalized spacial score (nSPS) is 19.7. The number of hydrogen-bond acceptors (Lipinski definition) is 3. The van der Waals surface area contributed by atoms with E-state index in [-0.39, 0.29) is 18.1 Å². The summed E-state index contributed by atoms with van der Waals surface area (Å²) in [7, 11) is 0. The maximum absolute atomic E-state index is 11.8. The standard InChI is InChI=1S/C11H22N2O2/c1-11(2,3)13-8-4-6-10(15)12(13)7-5-9-14/h14H,4-9H2,1-3H3. The van der Waals surface area contributed by atoms with Crippen LogP contribution < -0.4 is 0 Å². The summed E-state index contributed by atoms with van der Waals surface area (Å²) in [6, 6.07) is 0. The lowest BCUT2D eigenvalue weighted by atomic mass is 10.1. The summed E-state index contributed by atoms with van der Waals surface area (Å²) >= 11 is 0. The summed E-state index contributed by atoms with van der Waals surface area (Å²) in [5.74, 6) is 0.185. The summed E-state index contributed by atoms with van der Waals surface area (Å²) < 4.78 is 0. The number of nitrogens with zero attached hydrogens (tertiary/aromatic N) is 2. The Morgan fingerprint density at radius 2 is 2.07 bits per heavy atom. The van der Waals surface area contributed by atoms with Gasteiger partial charge in [0.2, 0.25) is 5.91 Å². The Hall–Kier alpha value is -0.610. The van der Waals surface area contributed by atoms with Crippen molar-refractivity contribution in [2.45, 2.75) is 45.6 Å². The number of aliphatic hydroxyl groups is 1. The molecule has 4 nitrogen and oxygen atoms in total. The predicted octanol–water partition coefficient (Wildman–Crippen LogP) is 1.01. The van der Waals surface area contributed by atoms with Gasteiger partial charge in [-0.25, -0.2) is 5.01 Å². The van der Waals surface area contributed by atoms with Crippen molar-refractivity contribution in [2.75, 3.05) is 19.7 Å². The molecule has 4 heteroatoms. The summed E-state index contributed by atoms with van der Waals surface area (Å²) in [4.78, 5) is 11.8. The number of amides is 1. The number of hydrazine groups is 1. The van der Waals surface area contributed by atoms with Gasteiger partial charge in [0.05, 0.1) is 0 Å². The van der Waals surface area contributed by atoms with Crippen molar-refractivity contribution in [2.24, 2.45) is 0 Å². The molecule has 1 rings (SSSR count). The van der Waals surface area contributed by atoms with Crippen LogP contribution in [-0.2, 0) is 4.79 Å². The van der Waals surface area contributed by atoms with Crippen LogP contribution in [0.25, 0.3) is 0 Å². The van der Waals surface area contributed by atoms with Gasteiger partial charge in [-0.1, -0.05) is 0 Å². The second-order valence-corrected chi connectivity index (χ2v) is 4.99. The summed E-state index contributed by atoms with van der Waals surface area (Å²) in [5, 5.41) is 12.7. The van der Waals surface area contributed by atoms with Gasteiger partial charge in [0.15, 0.2) is 0 Å². The minimum atomic E-state index is -0.0223. The van der Waals surface area contributed by atoms with E-state index in [2.05, 4.69) is 25.8 Å². The van der Waals surface area contributed by atoms with Crippen molar-refractivity contribution in [3.05, 3.63) is 0 Å². The molecule has 0 aromatic carbocycles. The highest BCUT2D eigenvalue weighted by atomic mass is 16.3. The highest BCUT2D eigenvalue weighted by Crippen LogP contribution is 2.22. The molecule has 1 heterocycles. The fourth-order valence-corrected chi connectivity index (χ4v) is 1.93. The van der Waals surface area contributed by atoms with Crippen molar-refractivity contribution < 1.29 is 9.90 Å². The molecular formula is C11H22N2O2. The molecular weight excluding hydrogens is 192 g/mol. The van der Waals surface area contributed by atoms with Gasteiger partial charge in [-0.3, -0.25) is 9.80 Å². The quantitative estimate of drug-likeness (QED) is 0.762. The zero-order chi connectivity index (χ0) is 11.5. The zero-order valence-corrected chi connectivity index (χ0v) is 9.99. The molecule has 0 saturated carbocycles. The van der Waals surface area contributed by atoms with Gasteiger partial charge in [-0.2, -0.15) is 0 Å². The largest absolute Gasteiger partial charge is 0.396 e. The van der Waals surface area contributed by atoms with Crippen molar-refractivity contribution in [1.82, 2.24) is 10.0 Å². The summed E-state index contributed by atoms with van der Waals surface area (Å²) in [6.45, 7) is 8.03. The smallest absolute Gasteiger partial charge is 0.236 e. The van der Waals surface area contributed by atoms with E-state index in [1.54, 1.807) is 5.01 Å². The van der Waals surface area contributed by atoms with Crippen molar-refractivity contribution >= 4 is 5.91 Å². The molecule has 88 valence electrons. The Morgan fingerprint density at radius 3 is 2.60 bits per heavy atom. The Kier molecular flexibility index (Phi) is 4.11. The fraction of sp³-hybridized carbons (Fsp3) is 0.909. The van der Waals surface area contributed by atoms with E-state index < -0.39 is 0 Å². The molecule has 0 unspecified atom stereocenters. The van der Waals surface area contributed by atoms with Crippen LogP contribution in [0.1, 0.15) is 40.0 Å². The molecule has 0 aromatic heterocycles. The zero-order valence-electron chi connectivity index (χ0n) is 9.99. The van der Waals surface area contributed by atoms with Gasteiger partial charge in [0, 0.05) is 31.7 Å². The molecule has 1 saturated heterocycles. The van der Waals surface area contributed by atoms with Crippen LogP contribution in [0.15, 0.2) is 0 Å². The van der Waals surface area contributed by atoms with Gasteiger partial charge < -0.3 is 5.11 Å². The number of rotatable bonds is 3. The van der Waals surface area contributed by atoms with E-state index in [9.17, 15) is 4.79 Å². The van der Waals surface area contributed by atoms with Gasteiger partial charge in [-0.15, -0.1) is 0 Å². The second kappa shape index (κ2) is 4.94. The number of carbonyl (C=O) groups is 1. The van der Waals surface area contributed by atoms with Crippen molar-refractivity contribution in [3.8, 4) is 0 Å². The van der Waals surface area contributed by atoms with E-state index in [1.165, 1.54) is 0 Å². The fourth-order valence-electron chi connectivity index (χ4n) is 1.93. The predicted molar refractivity (Wildman–Crippen MR) is 59.1 cm³/mol. The SMILES string of the molecule is CC(C)(C)N1CCCC(=O)N1CCCO. The molecule has 1 fully saturated rings. The minimum absolute atomic E-state index is 0.0223. The maximum Gasteiger partial charge on any atom is 0.236 e. The number of aliphatic hydroxyl groups excluding tert-OH is 1. The number of hydrogen-bond donors (Lipinski definition) is 1. The number of carbonyl (C=O) groups excluding carboxylic acids is 1. The third-order valence-electron chi connectivity index (χ3n) is 2.64. The molecule has 0 aliphatic carbocycles. The third kappa shape index (κ3) is 3.18. The van der Waals surface area contributed by atoms with Crippen LogP contribution >= 0.6 is 0 Å². The van der Waals surface area contributed by atoms with Crippen LogP contribution in [-0.4, -0.2) is 46.3 Å². The van der Waals surface area contributed by atoms with Crippen LogP contribution in [0.5, 0.6) is 0 Å². The van der Waals surface area contributed by atoms with Crippen LogP contribution in [0.4, 0.5) is 0 Å². The molecule has 0 aromatic rings. The molecule has 0 bridgehead atoms. The van der Waals surface area contributed by atoms with E-state index in [4.69, 9.17) is 5.11 Å². The topological polar surface area (TPSA) is 43.8 Å². The van der Waals surface area contributed by atoms with Crippen molar-refractivity contribution in [3.63, 3.8) is 0 Å². The molecule has 1 aliphatic rings. The molecule has 0 spiro atoms. The van der Waals surface area contributed by atoms with Gasteiger partial charge >= 0.3 is 0 Å². The maximum atomic E-state index is 11.8. The first-order valence-electron chi connectivity index (χ1n) is 5.65. The molecule has 1 aliphatic heterocycles. The van der Waals surface area contributed by atoms with Crippen molar-refractivity contribution in [1.29, 1.82) is 0 Å². The van der Waals surface area contributed by atoms with E-state index in [1.807, 2.05) is 0 Å². The molecule has 15 heavy (non-hydrogen) atoms. The van der Waals surface area contributed by atoms with Gasteiger partial charge in [-0.05, 0) is 33.6 Å². The monoisotopic (exact) mass is 214 g/mol. The van der Waals surface area contributed by atoms with Crippen LogP contribution in [0.3, 0.4) is 0 Å². The second-order valence-electron chi connectivity index (χ2n) is 4.99. The Bertz CT molecular complexity index is 223. The first-order valence-corrected chi connectivity index (χ1v) is 5.65. The van der Waals surface area contributed by atoms with E-state index in [0.29, 0.717) is 19.4 Å². The highest BCUT2D eigenvalue weighted by Gasteiger charge is 2.32. The lowest BCUT2D eigenvalue weighted by Gasteiger charge is -2.46. The summed E-state index contributed by atoms with van der Waals surface area (Å²) in [6.07, 6.45) is 2.22. The van der Waals surface area contributed by atoms with Gasteiger partial charge in [0.25, 0.3) is 0 Å².